The average molecular weight is 252 g/mol. The smallest absolute Gasteiger partial charge is 0.130 e. The molecule has 0 radical (unpaired) electrons. The first-order valence-electron chi connectivity index (χ1n) is 6.93. The van der Waals surface area contributed by atoms with Crippen molar-refractivity contribution in [3.05, 3.63) is 11.3 Å². The summed E-state index contributed by atoms with van der Waals surface area (Å²) in [5.74, 6) is 1.22. The maximum Gasteiger partial charge on any atom is 0.130 e. The molecule has 0 aliphatic rings. The summed E-state index contributed by atoms with van der Waals surface area (Å²) in [6, 6.07) is 0.730. The van der Waals surface area contributed by atoms with Crippen molar-refractivity contribution >= 4 is 5.82 Å². The molecule has 1 aromatic rings. The first-order valence-corrected chi connectivity index (χ1v) is 6.93. The average Bonchev–Trinajstić information content (AvgIpc) is 2.54. The van der Waals surface area contributed by atoms with E-state index in [0.717, 1.165) is 25.0 Å². The Balaban J connectivity index is 3.13. The van der Waals surface area contributed by atoms with Crippen LogP contribution in [0.4, 0.5) is 5.82 Å². The van der Waals surface area contributed by atoms with Gasteiger partial charge in [-0.2, -0.15) is 5.10 Å². The van der Waals surface area contributed by atoms with Crippen molar-refractivity contribution in [1.29, 1.82) is 0 Å². The van der Waals surface area contributed by atoms with Crippen LogP contribution in [0.2, 0.25) is 0 Å². The van der Waals surface area contributed by atoms with Crippen LogP contribution in [0.5, 0.6) is 0 Å². The van der Waals surface area contributed by atoms with Gasteiger partial charge in [-0.05, 0) is 33.1 Å². The van der Waals surface area contributed by atoms with Gasteiger partial charge in [0.25, 0.3) is 0 Å². The molecule has 4 heteroatoms. The highest BCUT2D eigenvalue weighted by Gasteiger charge is 2.21. The molecule has 2 N–H and O–H groups in total. The predicted octanol–water partition coefficient (Wildman–Crippen LogP) is 2.24. The summed E-state index contributed by atoms with van der Waals surface area (Å²) in [6.45, 7) is 8.59. The summed E-state index contributed by atoms with van der Waals surface area (Å²) in [4.78, 5) is 2.36. The van der Waals surface area contributed by atoms with E-state index in [-0.39, 0.29) is 6.04 Å². The molecule has 1 heterocycles. The third-order valence-electron chi connectivity index (χ3n) is 3.66. The fourth-order valence-corrected chi connectivity index (χ4v) is 2.70. The van der Waals surface area contributed by atoms with Gasteiger partial charge in [0.15, 0.2) is 0 Å². The van der Waals surface area contributed by atoms with Crippen LogP contribution < -0.4 is 10.6 Å². The molecule has 1 atom stereocenters. The largest absolute Gasteiger partial charge is 0.357 e. The van der Waals surface area contributed by atoms with Gasteiger partial charge in [0.1, 0.15) is 5.82 Å². The van der Waals surface area contributed by atoms with Crippen molar-refractivity contribution < 1.29 is 0 Å². The highest BCUT2D eigenvalue weighted by atomic mass is 15.4. The number of nitrogens with two attached hydrogens (primary N) is 1. The summed E-state index contributed by atoms with van der Waals surface area (Å²) in [5, 5.41) is 4.56. The summed E-state index contributed by atoms with van der Waals surface area (Å²) in [6.07, 6.45) is 3.18. The number of anilines is 1. The van der Waals surface area contributed by atoms with Crippen LogP contribution in [0, 0.1) is 6.92 Å². The standard InChI is InChI=1S/C14H28N4/c1-7-12(8-2)17(5)14-13(9-10(3)15)11(4)16-18(14)6/h10,12H,7-9,15H2,1-6H3. The third-order valence-corrected chi connectivity index (χ3v) is 3.66. The molecule has 18 heavy (non-hydrogen) atoms. The number of aryl methyl sites for hydroxylation is 2. The lowest BCUT2D eigenvalue weighted by molar-refractivity contribution is 0.570. The van der Waals surface area contributed by atoms with Crippen LogP contribution in [0.15, 0.2) is 0 Å². The molecule has 0 spiro atoms. The van der Waals surface area contributed by atoms with E-state index in [4.69, 9.17) is 5.73 Å². The molecule has 0 aliphatic heterocycles. The lowest BCUT2D eigenvalue weighted by atomic mass is 10.1. The Morgan fingerprint density at radius 2 is 1.89 bits per heavy atom. The monoisotopic (exact) mass is 252 g/mol. The van der Waals surface area contributed by atoms with E-state index in [9.17, 15) is 0 Å². The zero-order valence-corrected chi connectivity index (χ0v) is 12.7. The zero-order chi connectivity index (χ0) is 13.9. The Morgan fingerprint density at radius 1 is 1.33 bits per heavy atom. The van der Waals surface area contributed by atoms with E-state index < -0.39 is 0 Å². The summed E-state index contributed by atoms with van der Waals surface area (Å²) in [7, 11) is 4.19. The van der Waals surface area contributed by atoms with E-state index in [1.165, 1.54) is 11.4 Å². The molecule has 0 amide bonds. The van der Waals surface area contributed by atoms with Crippen LogP contribution in [-0.4, -0.2) is 28.9 Å². The minimum absolute atomic E-state index is 0.168. The van der Waals surface area contributed by atoms with Crippen LogP contribution >= 0.6 is 0 Å². The van der Waals surface area contributed by atoms with Crippen molar-refractivity contribution in [3.63, 3.8) is 0 Å². The van der Waals surface area contributed by atoms with Gasteiger partial charge in [-0.1, -0.05) is 13.8 Å². The van der Waals surface area contributed by atoms with Gasteiger partial charge < -0.3 is 10.6 Å². The molecule has 1 rings (SSSR count). The Morgan fingerprint density at radius 3 is 2.33 bits per heavy atom. The van der Waals surface area contributed by atoms with E-state index in [1.807, 2.05) is 18.7 Å². The molecule has 0 aromatic carbocycles. The number of nitrogens with zero attached hydrogens (tertiary/aromatic N) is 3. The number of aromatic nitrogens is 2. The highest BCUT2D eigenvalue weighted by molar-refractivity contribution is 5.50. The van der Waals surface area contributed by atoms with Gasteiger partial charge >= 0.3 is 0 Å². The molecule has 4 nitrogen and oxygen atoms in total. The molecule has 1 aromatic heterocycles. The molecule has 0 fully saturated rings. The second-order valence-corrected chi connectivity index (χ2v) is 5.27. The van der Waals surface area contributed by atoms with Gasteiger partial charge in [-0.15, -0.1) is 0 Å². The van der Waals surface area contributed by atoms with Crippen LogP contribution in [-0.2, 0) is 13.5 Å². The van der Waals surface area contributed by atoms with Crippen LogP contribution in [0.25, 0.3) is 0 Å². The maximum atomic E-state index is 5.96. The molecule has 0 aliphatic carbocycles. The van der Waals surface area contributed by atoms with E-state index in [2.05, 4.69) is 37.8 Å². The van der Waals surface area contributed by atoms with Gasteiger partial charge in [0.05, 0.1) is 5.69 Å². The first kappa shape index (κ1) is 15.0. The molecule has 0 bridgehead atoms. The lowest BCUT2D eigenvalue weighted by Crippen LogP contribution is -2.33. The van der Waals surface area contributed by atoms with E-state index in [1.54, 1.807) is 0 Å². The SMILES string of the molecule is CCC(CC)N(C)c1c(CC(C)N)c(C)nn1C. The van der Waals surface area contributed by atoms with Crippen molar-refractivity contribution in [3.8, 4) is 0 Å². The Bertz CT molecular complexity index is 377. The van der Waals surface area contributed by atoms with Gasteiger partial charge in [-0.25, -0.2) is 0 Å². The first-order chi connectivity index (χ1) is 8.42. The minimum atomic E-state index is 0.168. The minimum Gasteiger partial charge on any atom is -0.357 e. The zero-order valence-electron chi connectivity index (χ0n) is 12.7. The predicted molar refractivity (Wildman–Crippen MR) is 78.1 cm³/mol. The number of hydrogen-bond acceptors (Lipinski definition) is 3. The topological polar surface area (TPSA) is 47.1 Å². The second kappa shape index (κ2) is 6.23. The molecule has 104 valence electrons. The molecule has 0 saturated carbocycles. The fraction of sp³-hybridized carbons (Fsp3) is 0.786. The molecular weight excluding hydrogens is 224 g/mol. The quantitative estimate of drug-likeness (QED) is 0.844. The van der Waals surface area contributed by atoms with E-state index >= 15 is 0 Å². The van der Waals surface area contributed by atoms with Gasteiger partial charge in [-0.3, -0.25) is 4.68 Å². The van der Waals surface area contributed by atoms with Crippen LogP contribution in [0.1, 0.15) is 44.9 Å². The third kappa shape index (κ3) is 3.05. The highest BCUT2D eigenvalue weighted by Crippen LogP contribution is 2.26. The number of hydrogen-bond donors (Lipinski definition) is 1. The molecule has 0 saturated heterocycles. The fourth-order valence-electron chi connectivity index (χ4n) is 2.70. The summed E-state index contributed by atoms with van der Waals surface area (Å²) >= 11 is 0. The normalized spacial score (nSPS) is 13.1. The van der Waals surface area contributed by atoms with Crippen molar-refractivity contribution in [1.82, 2.24) is 9.78 Å². The van der Waals surface area contributed by atoms with E-state index in [0.29, 0.717) is 6.04 Å². The summed E-state index contributed by atoms with van der Waals surface area (Å²) < 4.78 is 1.99. The Labute approximate surface area is 111 Å². The molecular formula is C14H28N4. The van der Waals surface area contributed by atoms with Crippen LogP contribution in [0.3, 0.4) is 0 Å². The van der Waals surface area contributed by atoms with Crippen molar-refractivity contribution in [2.45, 2.75) is 59.0 Å². The van der Waals surface area contributed by atoms with Gasteiger partial charge in [0.2, 0.25) is 0 Å². The van der Waals surface area contributed by atoms with Crippen molar-refractivity contribution in [2.75, 3.05) is 11.9 Å². The van der Waals surface area contributed by atoms with Crippen molar-refractivity contribution in [2.24, 2.45) is 12.8 Å². The number of rotatable bonds is 6. The lowest BCUT2D eigenvalue weighted by Gasteiger charge is -2.29. The summed E-state index contributed by atoms with van der Waals surface area (Å²) in [5.41, 5.74) is 8.35. The molecule has 1 unspecified atom stereocenters. The Kier molecular flexibility index (Phi) is 5.20. The van der Waals surface area contributed by atoms with Gasteiger partial charge in [0, 0.05) is 31.7 Å². The second-order valence-electron chi connectivity index (χ2n) is 5.27. The maximum absolute atomic E-state index is 5.96. The Hall–Kier alpha value is -1.03.